The summed E-state index contributed by atoms with van der Waals surface area (Å²) in [5.74, 6) is 2.98. The van der Waals surface area contributed by atoms with Gasteiger partial charge in [-0.25, -0.2) is 4.98 Å². The first kappa shape index (κ1) is 25.0. The van der Waals surface area contributed by atoms with Gasteiger partial charge in [0.05, 0.1) is 13.2 Å². The van der Waals surface area contributed by atoms with Crippen molar-refractivity contribution < 1.29 is 9.47 Å². The first-order chi connectivity index (χ1) is 19.3. The molecule has 1 fully saturated rings. The summed E-state index contributed by atoms with van der Waals surface area (Å²) in [5, 5.41) is 23.3. The van der Waals surface area contributed by atoms with Gasteiger partial charge >= 0.3 is 0 Å². The van der Waals surface area contributed by atoms with Gasteiger partial charge in [0.1, 0.15) is 11.3 Å². The van der Waals surface area contributed by atoms with Crippen LogP contribution in [0.3, 0.4) is 0 Å². The van der Waals surface area contributed by atoms with Gasteiger partial charge in [-0.05, 0) is 48.6 Å². The Morgan fingerprint density at radius 2 is 1.56 bits per heavy atom. The van der Waals surface area contributed by atoms with Crippen molar-refractivity contribution in [3.8, 4) is 34.3 Å². The van der Waals surface area contributed by atoms with Crippen molar-refractivity contribution in [3.63, 3.8) is 0 Å². The quantitative estimate of drug-likeness (QED) is 0.266. The number of aromatic amines is 1. The van der Waals surface area contributed by atoms with Crippen LogP contribution >= 0.6 is 0 Å². The maximum atomic E-state index is 5.95. The molecule has 200 valence electrons. The van der Waals surface area contributed by atoms with Crippen LogP contribution in [0.4, 0.5) is 0 Å². The SMILES string of the molecule is CCOc1nnc(OCC)c2c1nc(C1CCCCC1)n2Cc1ccc(-c2ccccc2-c2nn[nH]n2)cc1. The largest absolute Gasteiger partial charge is 0.475 e. The molecule has 0 radical (unpaired) electrons. The summed E-state index contributed by atoms with van der Waals surface area (Å²) in [6, 6.07) is 16.7. The van der Waals surface area contributed by atoms with E-state index in [4.69, 9.17) is 14.5 Å². The number of ether oxygens (including phenoxy) is 2. The molecular formula is C29H32N8O2. The summed E-state index contributed by atoms with van der Waals surface area (Å²) >= 11 is 0. The van der Waals surface area contributed by atoms with E-state index < -0.39 is 0 Å². The average Bonchev–Trinajstić information content (AvgIpc) is 3.65. The number of hydrogen-bond donors (Lipinski definition) is 1. The molecule has 1 aliphatic carbocycles. The number of aromatic nitrogens is 8. The lowest BCUT2D eigenvalue weighted by Gasteiger charge is -2.22. The second-order valence-electron chi connectivity index (χ2n) is 9.74. The van der Waals surface area contributed by atoms with Crippen LogP contribution in [0.1, 0.15) is 63.3 Å². The number of rotatable bonds is 9. The van der Waals surface area contributed by atoms with E-state index in [1.807, 2.05) is 32.0 Å². The van der Waals surface area contributed by atoms with Crippen LogP contribution in [0.15, 0.2) is 48.5 Å². The van der Waals surface area contributed by atoms with Gasteiger partial charge in [0.25, 0.3) is 11.8 Å². The molecule has 0 saturated heterocycles. The van der Waals surface area contributed by atoms with Gasteiger partial charge in [0.2, 0.25) is 5.82 Å². The molecule has 0 atom stereocenters. The van der Waals surface area contributed by atoms with Crippen LogP contribution in [0.2, 0.25) is 0 Å². The number of H-pyrrole nitrogens is 1. The number of nitrogens with one attached hydrogen (secondary N) is 1. The summed E-state index contributed by atoms with van der Waals surface area (Å²) in [5.41, 5.74) is 5.80. The molecule has 0 unspecified atom stereocenters. The highest BCUT2D eigenvalue weighted by molar-refractivity contribution is 5.85. The van der Waals surface area contributed by atoms with Crippen LogP contribution < -0.4 is 9.47 Å². The third-order valence-corrected chi connectivity index (χ3v) is 7.29. The smallest absolute Gasteiger partial charge is 0.262 e. The third kappa shape index (κ3) is 4.94. The molecule has 1 aliphatic rings. The first-order valence-corrected chi connectivity index (χ1v) is 13.7. The van der Waals surface area contributed by atoms with Crippen molar-refractivity contribution in [2.24, 2.45) is 0 Å². The molecule has 0 spiro atoms. The minimum atomic E-state index is 0.385. The van der Waals surface area contributed by atoms with Gasteiger partial charge in [-0.1, -0.05) is 67.8 Å². The van der Waals surface area contributed by atoms with Crippen LogP contribution in [0, 0.1) is 0 Å². The maximum absolute atomic E-state index is 5.95. The number of hydrogen-bond acceptors (Lipinski definition) is 8. The molecule has 10 heteroatoms. The average molecular weight is 525 g/mol. The van der Waals surface area contributed by atoms with Gasteiger partial charge in [-0.3, -0.25) is 0 Å². The Bertz CT molecular complexity index is 1540. The Labute approximate surface area is 226 Å². The van der Waals surface area contributed by atoms with E-state index in [9.17, 15) is 0 Å². The van der Waals surface area contributed by atoms with Crippen LogP contribution in [-0.4, -0.2) is 53.6 Å². The van der Waals surface area contributed by atoms with E-state index in [1.54, 1.807) is 0 Å². The Morgan fingerprint density at radius 1 is 0.846 bits per heavy atom. The normalized spacial score (nSPS) is 14.1. The predicted octanol–water partition coefficient (Wildman–Crippen LogP) is 5.57. The topological polar surface area (TPSA) is 117 Å². The molecule has 10 nitrogen and oxygen atoms in total. The molecule has 0 amide bonds. The van der Waals surface area contributed by atoms with Gasteiger partial charge in [0.15, 0.2) is 5.52 Å². The molecule has 39 heavy (non-hydrogen) atoms. The summed E-state index contributed by atoms with van der Waals surface area (Å²) in [6.45, 7) is 5.54. The lowest BCUT2D eigenvalue weighted by molar-refractivity contribution is 0.308. The summed E-state index contributed by atoms with van der Waals surface area (Å²) in [6.07, 6.45) is 5.97. The van der Waals surface area contributed by atoms with Crippen LogP contribution in [-0.2, 0) is 6.54 Å². The Hall–Kier alpha value is -4.34. The molecule has 2 aromatic carbocycles. The summed E-state index contributed by atoms with van der Waals surface area (Å²) < 4.78 is 14.1. The van der Waals surface area contributed by atoms with E-state index in [2.05, 4.69) is 65.7 Å². The van der Waals surface area contributed by atoms with Crippen molar-refractivity contribution in [3.05, 3.63) is 59.9 Å². The number of nitrogens with zero attached hydrogens (tertiary/aromatic N) is 7. The molecule has 6 rings (SSSR count). The highest BCUT2D eigenvalue weighted by Gasteiger charge is 2.27. The van der Waals surface area contributed by atoms with E-state index in [0.717, 1.165) is 52.0 Å². The minimum absolute atomic E-state index is 0.385. The molecule has 3 aromatic heterocycles. The van der Waals surface area contributed by atoms with Crippen molar-refractivity contribution in [1.29, 1.82) is 0 Å². The lowest BCUT2D eigenvalue weighted by atomic mass is 9.88. The zero-order valence-corrected chi connectivity index (χ0v) is 22.3. The van der Waals surface area contributed by atoms with E-state index >= 15 is 0 Å². The number of imidazole rings is 1. The van der Waals surface area contributed by atoms with Crippen molar-refractivity contribution >= 4 is 11.0 Å². The molecule has 0 bridgehead atoms. The highest BCUT2D eigenvalue weighted by Crippen LogP contribution is 2.38. The zero-order chi connectivity index (χ0) is 26.6. The fraction of sp³-hybridized carbons (Fsp3) is 0.379. The van der Waals surface area contributed by atoms with Crippen LogP contribution in [0.25, 0.3) is 33.5 Å². The molecule has 5 aromatic rings. The predicted molar refractivity (Wildman–Crippen MR) is 148 cm³/mol. The molecule has 1 saturated carbocycles. The third-order valence-electron chi connectivity index (χ3n) is 7.29. The Morgan fingerprint density at radius 3 is 2.28 bits per heavy atom. The van der Waals surface area contributed by atoms with Crippen molar-refractivity contribution in [2.75, 3.05) is 13.2 Å². The first-order valence-electron chi connectivity index (χ1n) is 13.7. The second kappa shape index (κ2) is 11.2. The van der Waals surface area contributed by atoms with Gasteiger partial charge in [-0.2, -0.15) is 5.21 Å². The fourth-order valence-electron chi connectivity index (χ4n) is 5.50. The monoisotopic (exact) mass is 524 g/mol. The van der Waals surface area contributed by atoms with Gasteiger partial charge in [-0.15, -0.1) is 20.4 Å². The summed E-state index contributed by atoms with van der Waals surface area (Å²) in [7, 11) is 0. The van der Waals surface area contributed by atoms with Crippen LogP contribution in [0.5, 0.6) is 11.8 Å². The number of benzene rings is 2. The number of fused-ring (bicyclic) bond motifs is 1. The molecule has 3 heterocycles. The van der Waals surface area contributed by atoms with E-state index in [1.165, 1.54) is 19.3 Å². The summed E-state index contributed by atoms with van der Waals surface area (Å²) in [4.78, 5) is 5.13. The molecular weight excluding hydrogens is 492 g/mol. The molecule has 0 aliphatic heterocycles. The standard InChI is InChI=1S/C29H32N8O2/c1-3-38-28-24-25(29(34-33-28)39-4-2)37(27(30-24)21-10-6-5-7-11-21)18-19-14-16-20(17-15-19)22-12-8-9-13-23(22)26-31-35-36-32-26/h8-9,12-17,21H,3-7,10-11,18H2,1-2H3,(H,31,32,35,36). The second-order valence-corrected chi connectivity index (χ2v) is 9.74. The number of tetrazole rings is 1. The van der Waals surface area contributed by atoms with E-state index in [-0.39, 0.29) is 0 Å². The van der Waals surface area contributed by atoms with Crippen molar-refractivity contribution in [2.45, 2.75) is 58.4 Å². The van der Waals surface area contributed by atoms with Gasteiger partial charge < -0.3 is 14.0 Å². The lowest BCUT2D eigenvalue weighted by Crippen LogP contribution is -2.13. The highest BCUT2D eigenvalue weighted by atomic mass is 16.5. The Balaban J connectivity index is 1.41. The Kier molecular flexibility index (Phi) is 7.16. The zero-order valence-electron chi connectivity index (χ0n) is 22.3. The minimum Gasteiger partial charge on any atom is -0.475 e. The van der Waals surface area contributed by atoms with Gasteiger partial charge in [0, 0.05) is 18.0 Å². The van der Waals surface area contributed by atoms with E-state index in [0.29, 0.717) is 43.3 Å². The van der Waals surface area contributed by atoms with Crippen molar-refractivity contribution in [1.82, 2.24) is 40.4 Å². The maximum Gasteiger partial charge on any atom is 0.262 e. The fourth-order valence-corrected chi connectivity index (χ4v) is 5.50. The molecule has 1 N–H and O–H groups in total.